The second-order valence-electron chi connectivity index (χ2n) is 5.10. The van der Waals surface area contributed by atoms with E-state index in [2.05, 4.69) is 20.8 Å². The highest BCUT2D eigenvalue weighted by Crippen LogP contribution is 2.18. The Morgan fingerprint density at radius 3 is 1.87 bits per heavy atom. The van der Waals surface area contributed by atoms with Gasteiger partial charge in [0, 0.05) is 0 Å². The summed E-state index contributed by atoms with van der Waals surface area (Å²) in [5.41, 5.74) is 5.66. The van der Waals surface area contributed by atoms with Gasteiger partial charge in [-0.1, -0.05) is 72.1 Å². The third-order valence-corrected chi connectivity index (χ3v) is 3.61. The molecule has 2 atom stereocenters. The van der Waals surface area contributed by atoms with Crippen molar-refractivity contribution in [1.82, 2.24) is 0 Å². The molecular weight excluding hydrogens is 182 g/mol. The molecule has 0 spiro atoms. The number of hydrogen-bond donors (Lipinski definition) is 1. The van der Waals surface area contributed by atoms with Gasteiger partial charge in [0.25, 0.3) is 0 Å². The van der Waals surface area contributed by atoms with Crippen molar-refractivity contribution in [2.75, 3.05) is 6.54 Å². The molecule has 92 valence electrons. The van der Waals surface area contributed by atoms with Gasteiger partial charge in [0.1, 0.15) is 0 Å². The van der Waals surface area contributed by atoms with Crippen molar-refractivity contribution in [1.29, 1.82) is 0 Å². The van der Waals surface area contributed by atoms with Crippen LogP contribution in [0.25, 0.3) is 0 Å². The SMILES string of the molecule is CCCCCCCCCC(C)C(C)CN. The summed E-state index contributed by atoms with van der Waals surface area (Å²) in [6.45, 7) is 7.73. The third kappa shape index (κ3) is 8.92. The number of hydrogen-bond acceptors (Lipinski definition) is 1. The van der Waals surface area contributed by atoms with E-state index < -0.39 is 0 Å². The Bertz CT molecular complexity index is 123. The molecule has 15 heavy (non-hydrogen) atoms. The highest BCUT2D eigenvalue weighted by atomic mass is 14.5. The highest BCUT2D eigenvalue weighted by Gasteiger charge is 2.09. The molecule has 0 saturated carbocycles. The van der Waals surface area contributed by atoms with Gasteiger partial charge in [0.05, 0.1) is 0 Å². The molecule has 0 aliphatic heterocycles. The number of nitrogens with two attached hydrogens (primary N) is 1. The maximum Gasteiger partial charge on any atom is -0.00490 e. The lowest BCUT2D eigenvalue weighted by Gasteiger charge is -2.17. The van der Waals surface area contributed by atoms with E-state index in [0.29, 0.717) is 5.92 Å². The fourth-order valence-electron chi connectivity index (χ4n) is 1.94. The minimum absolute atomic E-state index is 0.699. The minimum atomic E-state index is 0.699. The monoisotopic (exact) mass is 213 g/mol. The zero-order valence-corrected chi connectivity index (χ0v) is 11.1. The van der Waals surface area contributed by atoms with Crippen molar-refractivity contribution >= 4 is 0 Å². The predicted molar refractivity (Wildman–Crippen MR) is 70.0 cm³/mol. The molecular formula is C14H31N. The maximum atomic E-state index is 5.66. The average molecular weight is 213 g/mol. The third-order valence-electron chi connectivity index (χ3n) is 3.61. The summed E-state index contributed by atoms with van der Waals surface area (Å²) in [5.74, 6) is 1.51. The average Bonchev–Trinajstić information content (AvgIpc) is 2.26. The Labute approximate surface area is 96.8 Å². The Morgan fingerprint density at radius 1 is 0.800 bits per heavy atom. The Hall–Kier alpha value is -0.0400. The van der Waals surface area contributed by atoms with E-state index in [1.807, 2.05) is 0 Å². The summed E-state index contributed by atoms with van der Waals surface area (Å²) in [7, 11) is 0. The van der Waals surface area contributed by atoms with Crippen molar-refractivity contribution in [2.24, 2.45) is 17.6 Å². The smallest absolute Gasteiger partial charge is 0.00490 e. The van der Waals surface area contributed by atoms with Gasteiger partial charge in [0.15, 0.2) is 0 Å². The predicted octanol–water partition coefficient (Wildman–Crippen LogP) is 4.36. The van der Waals surface area contributed by atoms with Crippen molar-refractivity contribution in [2.45, 2.75) is 72.1 Å². The summed E-state index contributed by atoms with van der Waals surface area (Å²) in [6.07, 6.45) is 11.3. The lowest BCUT2D eigenvalue weighted by Crippen LogP contribution is -2.18. The first kappa shape index (κ1) is 15.0. The maximum absolute atomic E-state index is 5.66. The van der Waals surface area contributed by atoms with Gasteiger partial charge in [-0.25, -0.2) is 0 Å². The molecule has 2 unspecified atom stereocenters. The second kappa shape index (κ2) is 10.5. The van der Waals surface area contributed by atoms with Crippen LogP contribution < -0.4 is 5.73 Å². The second-order valence-corrected chi connectivity index (χ2v) is 5.10. The van der Waals surface area contributed by atoms with Gasteiger partial charge in [-0.2, -0.15) is 0 Å². The van der Waals surface area contributed by atoms with E-state index in [1.165, 1.54) is 51.4 Å². The van der Waals surface area contributed by atoms with Crippen LogP contribution in [0.5, 0.6) is 0 Å². The van der Waals surface area contributed by atoms with Crippen LogP contribution in [0.15, 0.2) is 0 Å². The van der Waals surface area contributed by atoms with Gasteiger partial charge in [-0.3, -0.25) is 0 Å². The van der Waals surface area contributed by atoms with Crippen LogP contribution in [0.2, 0.25) is 0 Å². The molecule has 0 aliphatic carbocycles. The molecule has 1 heteroatoms. The van der Waals surface area contributed by atoms with Crippen molar-refractivity contribution < 1.29 is 0 Å². The molecule has 0 fully saturated rings. The van der Waals surface area contributed by atoms with E-state index >= 15 is 0 Å². The fraction of sp³-hybridized carbons (Fsp3) is 1.00. The van der Waals surface area contributed by atoms with E-state index in [-0.39, 0.29) is 0 Å². The summed E-state index contributed by atoms with van der Waals surface area (Å²) in [6, 6.07) is 0. The van der Waals surface area contributed by atoms with Crippen LogP contribution in [-0.4, -0.2) is 6.54 Å². The molecule has 0 bridgehead atoms. The molecule has 0 aromatic rings. The highest BCUT2D eigenvalue weighted by molar-refractivity contribution is 4.62. The first-order valence-electron chi connectivity index (χ1n) is 6.92. The van der Waals surface area contributed by atoms with Crippen LogP contribution in [0.3, 0.4) is 0 Å². The lowest BCUT2D eigenvalue weighted by atomic mass is 9.90. The topological polar surface area (TPSA) is 26.0 Å². The zero-order valence-electron chi connectivity index (χ0n) is 11.1. The van der Waals surface area contributed by atoms with E-state index in [1.54, 1.807) is 0 Å². The molecule has 0 aromatic heterocycles. The number of unbranched alkanes of at least 4 members (excludes halogenated alkanes) is 6. The molecule has 1 nitrogen and oxygen atoms in total. The first-order chi connectivity index (χ1) is 7.22. The van der Waals surface area contributed by atoms with Gasteiger partial charge in [-0.05, 0) is 18.4 Å². The molecule has 0 heterocycles. The van der Waals surface area contributed by atoms with Gasteiger partial charge >= 0.3 is 0 Å². The van der Waals surface area contributed by atoms with Gasteiger partial charge in [-0.15, -0.1) is 0 Å². The number of rotatable bonds is 10. The van der Waals surface area contributed by atoms with Crippen molar-refractivity contribution in [3.63, 3.8) is 0 Å². The van der Waals surface area contributed by atoms with E-state index in [4.69, 9.17) is 5.73 Å². The fourth-order valence-corrected chi connectivity index (χ4v) is 1.94. The van der Waals surface area contributed by atoms with E-state index in [0.717, 1.165) is 12.5 Å². The van der Waals surface area contributed by atoms with Crippen LogP contribution >= 0.6 is 0 Å². The Balaban J connectivity index is 3.16. The molecule has 0 aromatic carbocycles. The Morgan fingerprint density at radius 2 is 1.33 bits per heavy atom. The largest absolute Gasteiger partial charge is 0.330 e. The molecule has 0 rings (SSSR count). The zero-order chi connectivity index (χ0) is 11.5. The van der Waals surface area contributed by atoms with Gasteiger partial charge in [0.2, 0.25) is 0 Å². The quantitative estimate of drug-likeness (QED) is 0.536. The molecule has 2 N–H and O–H groups in total. The van der Waals surface area contributed by atoms with Crippen molar-refractivity contribution in [3.05, 3.63) is 0 Å². The normalized spacial score (nSPS) is 15.2. The summed E-state index contributed by atoms with van der Waals surface area (Å²) in [5, 5.41) is 0. The van der Waals surface area contributed by atoms with Crippen molar-refractivity contribution in [3.8, 4) is 0 Å². The van der Waals surface area contributed by atoms with Crippen LogP contribution in [0, 0.1) is 11.8 Å². The molecule has 0 saturated heterocycles. The minimum Gasteiger partial charge on any atom is -0.330 e. The lowest BCUT2D eigenvalue weighted by molar-refractivity contribution is 0.357. The molecule has 0 aliphatic rings. The molecule has 0 radical (unpaired) electrons. The molecule has 0 amide bonds. The van der Waals surface area contributed by atoms with E-state index in [9.17, 15) is 0 Å². The first-order valence-corrected chi connectivity index (χ1v) is 6.92. The summed E-state index contributed by atoms with van der Waals surface area (Å²) < 4.78 is 0. The summed E-state index contributed by atoms with van der Waals surface area (Å²) >= 11 is 0. The van der Waals surface area contributed by atoms with Crippen LogP contribution in [0.4, 0.5) is 0 Å². The van der Waals surface area contributed by atoms with Gasteiger partial charge < -0.3 is 5.73 Å². The standard InChI is InChI=1S/C14H31N/c1-4-5-6-7-8-9-10-11-13(2)14(3)12-15/h13-14H,4-12,15H2,1-3H3. The van der Waals surface area contributed by atoms with Crippen LogP contribution in [-0.2, 0) is 0 Å². The summed E-state index contributed by atoms with van der Waals surface area (Å²) in [4.78, 5) is 0. The van der Waals surface area contributed by atoms with Crippen LogP contribution in [0.1, 0.15) is 72.1 Å². The Kier molecular flexibility index (Phi) is 10.4.